The van der Waals surface area contributed by atoms with Crippen molar-refractivity contribution >= 4 is 18.3 Å². The maximum atomic E-state index is 12.0. The van der Waals surface area contributed by atoms with Gasteiger partial charge in [-0.15, -0.1) is 12.4 Å². The molecule has 7 heteroatoms. The molecule has 23 heavy (non-hydrogen) atoms. The summed E-state index contributed by atoms with van der Waals surface area (Å²) < 4.78 is 1.30. The van der Waals surface area contributed by atoms with Crippen LogP contribution >= 0.6 is 12.4 Å². The van der Waals surface area contributed by atoms with Crippen LogP contribution in [0.1, 0.15) is 23.0 Å². The second kappa shape index (κ2) is 9.76. The second-order valence-electron chi connectivity index (χ2n) is 4.81. The Morgan fingerprint density at radius 1 is 1.13 bits per heavy atom. The molecule has 6 nitrogen and oxygen atoms in total. The third-order valence-corrected chi connectivity index (χ3v) is 3.11. The van der Waals surface area contributed by atoms with Crippen LogP contribution < -0.4 is 16.2 Å². The van der Waals surface area contributed by atoms with Gasteiger partial charge in [0.25, 0.3) is 11.5 Å². The lowest BCUT2D eigenvalue weighted by Gasteiger charge is -2.08. The summed E-state index contributed by atoms with van der Waals surface area (Å²) in [7, 11) is 0. The fourth-order valence-corrected chi connectivity index (χ4v) is 1.97. The van der Waals surface area contributed by atoms with E-state index >= 15 is 0 Å². The third-order valence-electron chi connectivity index (χ3n) is 3.11. The number of amides is 1. The zero-order valence-electron chi connectivity index (χ0n) is 13.0. The van der Waals surface area contributed by atoms with E-state index in [1.807, 2.05) is 37.3 Å². The van der Waals surface area contributed by atoms with Crippen LogP contribution in [0.4, 0.5) is 0 Å². The number of nitrogens with zero attached hydrogens (tertiary/aromatic N) is 2. The summed E-state index contributed by atoms with van der Waals surface area (Å²) in [4.78, 5) is 23.9. The SMILES string of the molecule is CCNCCNC(=O)c1ccc(=O)n(Cc2ccccc2)n1.Cl. The molecule has 0 saturated heterocycles. The molecule has 0 bridgehead atoms. The molecular formula is C16H21ClN4O2. The van der Waals surface area contributed by atoms with Gasteiger partial charge >= 0.3 is 0 Å². The van der Waals surface area contributed by atoms with Crippen molar-refractivity contribution < 1.29 is 4.79 Å². The number of nitrogens with one attached hydrogen (secondary N) is 2. The van der Waals surface area contributed by atoms with Crippen LogP contribution in [-0.2, 0) is 6.54 Å². The molecule has 0 aliphatic carbocycles. The van der Waals surface area contributed by atoms with Gasteiger partial charge in [-0.25, -0.2) is 4.68 Å². The molecule has 2 rings (SSSR count). The van der Waals surface area contributed by atoms with Gasteiger partial charge in [-0.1, -0.05) is 37.3 Å². The fraction of sp³-hybridized carbons (Fsp3) is 0.312. The first-order valence-electron chi connectivity index (χ1n) is 7.31. The lowest BCUT2D eigenvalue weighted by molar-refractivity contribution is 0.0946. The second-order valence-corrected chi connectivity index (χ2v) is 4.81. The molecule has 2 N–H and O–H groups in total. The Bertz CT molecular complexity index is 673. The number of rotatable bonds is 7. The topological polar surface area (TPSA) is 76.0 Å². The Balaban J connectivity index is 0.00000264. The fourth-order valence-electron chi connectivity index (χ4n) is 1.97. The van der Waals surface area contributed by atoms with Crippen LogP contribution in [0.25, 0.3) is 0 Å². The molecule has 0 radical (unpaired) electrons. The third kappa shape index (κ3) is 5.84. The molecule has 1 aromatic heterocycles. The predicted molar refractivity (Wildman–Crippen MR) is 92.2 cm³/mol. The average Bonchev–Trinajstić information content (AvgIpc) is 2.54. The van der Waals surface area contributed by atoms with E-state index in [0.29, 0.717) is 19.6 Å². The molecule has 124 valence electrons. The normalized spacial score (nSPS) is 9.96. The van der Waals surface area contributed by atoms with Crippen molar-refractivity contribution in [1.29, 1.82) is 0 Å². The Labute approximate surface area is 141 Å². The van der Waals surface area contributed by atoms with Gasteiger partial charge in [-0.05, 0) is 18.2 Å². The van der Waals surface area contributed by atoms with Crippen LogP contribution in [0.3, 0.4) is 0 Å². The number of likely N-dealkylation sites (N-methyl/N-ethyl adjacent to an activating group) is 1. The highest BCUT2D eigenvalue weighted by Crippen LogP contribution is 2.00. The van der Waals surface area contributed by atoms with E-state index in [2.05, 4.69) is 15.7 Å². The number of benzene rings is 1. The number of carbonyl (C=O) groups is 1. The Morgan fingerprint density at radius 2 is 1.87 bits per heavy atom. The smallest absolute Gasteiger partial charge is 0.271 e. The summed E-state index contributed by atoms with van der Waals surface area (Å²) in [5.41, 5.74) is 0.974. The summed E-state index contributed by atoms with van der Waals surface area (Å²) in [6.07, 6.45) is 0. The van der Waals surface area contributed by atoms with Crippen molar-refractivity contribution in [2.75, 3.05) is 19.6 Å². The van der Waals surface area contributed by atoms with Crippen molar-refractivity contribution in [3.05, 3.63) is 64.1 Å². The molecule has 1 heterocycles. The van der Waals surface area contributed by atoms with Gasteiger partial charge in [-0.2, -0.15) is 5.10 Å². The summed E-state index contributed by atoms with van der Waals surface area (Å²) in [6, 6.07) is 12.4. The van der Waals surface area contributed by atoms with Gasteiger partial charge in [-0.3, -0.25) is 9.59 Å². The first-order valence-corrected chi connectivity index (χ1v) is 7.31. The van der Waals surface area contributed by atoms with Gasteiger partial charge in [0, 0.05) is 19.2 Å². The first-order chi connectivity index (χ1) is 10.7. The summed E-state index contributed by atoms with van der Waals surface area (Å²) in [6.45, 7) is 4.43. The molecule has 0 unspecified atom stereocenters. The molecule has 0 aliphatic rings. The average molecular weight is 337 g/mol. The number of hydrogen-bond acceptors (Lipinski definition) is 4. The highest BCUT2D eigenvalue weighted by atomic mass is 35.5. The minimum absolute atomic E-state index is 0. The quantitative estimate of drug-likeness (QED) is 0.741. The molecule has 0 aliphatic heterocycles. The van der Waals surface area contributed by atoms with E-state index in [1.165, 1.54) is 16.8 Å². The van der Waals surface area contributed by atoms with Crippen molar-refractivity contribution in [2.24, 2.45) is 0 Å². The Hall–Kier alpha value is -2.18. The molecule has 2 aromatic rings. The van der Waals surface area contributed by atoms with Crippen LogP contribution in [0.15, 0.2) is 47.3 Å². The van der Waals surface area contributed by atoms with Gasteiger partial charge in [0.15, 0.2) is 0 Å². The first kappa shape index (κ1) is 18.9. The van der Waals surface area contributed by atoms with E-state index in [4.69, 9.17) is 0 Å². The monoisotopic (exact) mass is 336 g/mol. The minimum atomic E-state index is -0.278. The van der Waals surface area contributed by atoms with Gasteiger partial charge in [0.05, 0.1) is 6.54 Å². The highest BCUT2D eigenvalue weighted by Gasteiger charge is 2.09. The molecule has 0 fully saturated rings. The lowest BCUT2D eigenvalue weighted by atomic mass is 10.2. The van der Waals surface area contributed by atoms with Gasteiger partial charge < -0.3 is 10.6 Å². The number of halogens is 1. The van der Waals surface area contributed by atoms with Gasteiger partial charge in [0.2, 0.25) is 0 Å². The van der Waals surface area contributed by atoms with Crippen molar-refractivity contribution in [3.8, 4) is 0 Å². The lowest BCUT2D eigenvalue weighted by Crippen LogP contribution is -2.34. The van der Waals surface area contributed by atoms with E-state index in [0.717, 1.165) is 12.1 Å². The Kier molecular flexibility index (Phi) is 8.01. The molecule has 0 saturated carbocycles. The van der Waals surface area contributed by atoms with Crippen LogP contribution in [0, 0.1) is 0 Å². The maximum Gasteiger partial charge on any atom is 0.271 e. The van der Waals surface area contributed by atoms with E-state index < -0.39 is 0 Å². The molecule has 0 atom stereocenters. The molecular weight excluding hydrogens is 316 g/mol. The van der Waals surface area contributed by atoms with E-state index in [1.54, 1.807) is 0 Å². The predicted octanol–water partition coefficient (Wildman–Crippen LogP) is 1.05. The minimum Gasteiger partial charge on any atom is -0.349 e. The van der Waals surface area contributed by atoms with Crippen molar-refractivity contribution in [1.82, 2.24) is 20.4 Å². The van der Waals surface area contributed by atoms with Crippen LogP contribution in [0.2, 0.25) is 0 Å². The van der Waals surface area contributed by atoms with Crippen LogP contribution in [0.5, 0.6) is 0 Å². The van der Waals surface area contributed by atoms with E-state index in [-0.39, 0.29) is 29.6 Å². The standard InChI is InChI=1S/C16H20N4O2.ClH/c1-2-17-10-11-18-16(22)14-8-9-15(21)20(19-14)12-13-6-4-3-5-7-13;/h3-9,17H,2,10-12H2,1H3,(H,18,22);1H. The highest BCUT2D eigenvalue weighted by molar-refractivity contribution is 5.91. The zero-order chi connectivity index (χ0) is 15.8. The molecule has 1 aromatic carbocycles. The number of carbonyl (C=O) groups excluding carboxylic acids is 1. The zero-order valence-corrected chi connectivity index (χ0v) is 13.8. The number of aromatic nitrogens is 2. The molecule has 1 amide bonds. The van der Waals surface area contributed by atoms with Crippen molar-refractivity contribution in [2.45, 2.75) is 13.5 Å². The molecule has 0 spiro atoms. The Morgan fingerprint density at radius 3 is 2.57 bits per heavy atom. The summed E-state index contributed by atoms with van der Waals surface area (Å²) >= 11 is 0. The number of hydrogen-bond donors (Lipinski definition) is 2. The largest absolute Gasteiger partial charge is 0.349 e. The maximum absolute atomic E-state index is 12.0. The van der Waals surface area contributed by atoms with Crippen molar-refractivity contribution in [3.63, 3.8) is 0 Å². The summed E-state index contributed by atoms with van der Waals surface area (Å²) in [5.74, 6) is -0.278. The summed E-state index contributed by atoms with van der Waals surface area (Å²) in [5, 5.41) is 10.0. The van der Waals surface area contributed by atoms with Crippen LogP contribution in [-0.4, -0.2) is 35.3 Å². The van der Waals surface area contributed by atoms with E-state index in [9.17, 15) is 9.59 Å². The van der Waals surface area contributed by atoms with Gasteiger partial charge in [0.1, 0.15) is 5.69 Å².